The summed E-state index contributed by atoms with van der Waals surface area (Å²) < 4.78 is 4.46. The Kier molecular flexibility index (Phi) is 4.85. The topological polar surface area (TPSA) is 47.2 Å². The van der Waals surface area contributed by atoms with Crippen molar-refractivity contribution in [3.63, 3.8) is 0 Å². The molecule has 0 spiro atoms. The van der Waals surface area contributed by atoms with Gasteiger partial charge in [0.05, 0.1) is 50.3 Å². The maximum Gasteiger partial charge on any atom is 0.266 e. The standard InChI is InChI=1S/C38H23N3O2/c42-37-29-22-35(40-31-18-8-4-14-25(31)26-15-5-9-19-32(26)40)36(23-30(29)38(43)39(37)24-12-2-1-3-13-24)41-33-20-10-6-16-27(33)28-17-7-11-21-34(28)41/h1-23H. The first-order chi connectivity index (χ1) is 21.2. The minimum Gasteiger partial charge on any atom is -0.307 e. The first-order valence-electron chi connectivity index (χ1n) is 14.3. The van der Waals surface area contributed by atoms with E-state index in [1.807, 2.05) is 54.6 Å². The molecule has 0 bridgehead atoms. The van der Waals surface area contributed by atoms with Crippen molar-refractivity contribution in [3.05, 3.63) is 151 Å². The molecule has 6 aromatic carbocycles. The highest BCUT2D eigenvalue weighted by Crippen LogP contribution is 2.41. The summed E-state index contributed by atoms with van der Waals surface area (Å²) in [6, 6.07) is 46.3. The Morgan fingerprint density at radius 3 is 1.07 bits per heavy atom. The lowest BCUT2D eigenvalue weighted by molar-refractivity contribution is 0.0926. The molecule has 0 radical (unpaired) electrons. The van der Waals surface area contributed by atoms with Crippen LogP contribution in [0.15, 0.2) is 140 Å². The lowest BCUT2D eigenvalue weighted by atomic mass is 10.1. The van der Waals surface area contributed by atoms with Crippen molar-refractivity contribution in [3.8, 4) is 11.4 Å². The Morgan fingerprint density at radius 2 is 0.698 bits per heavy atom. The minimum atomic E-state index is -0.318. The number of anilines is 1. The fraction of sp³-hybridized carbons (Fsp3) is 0. The van der Waals surface area contributed by atoms with Crippen molar-refractivity contribution >= 4 is 61.1 Å². The first kappa shape index (κ1) is 23.7. The van der Waals surface area contributed by atoms with Crippen molar-refractivity contribution in [2.45, 2.75) is 0 Å². The van der Waals surface area contributed by atoms with E-state index in [-0.39, 0.29) is 11.8 Å². The fourth-order valence-corrected chi connectivity index (χ4v) is 6.80. The molecule has 0 saturated heterocycles. The maximum absolute atomic E-state index is 14.0. The normalized spacial score (nSPS) is 13.2. The third kappa shape index (κ3) is 3.22. The molecule has 8 aromatic rings. The summed E-state index contributed by atoms with van der Waals surface area (Å²) in [6.45, 7) is 0. The number of carbonyl (C=O) groups excluding carboxylic acids is 2. The van der Waals surface area contributed by atoms with Crippen LogP contribution in [-0.4, -0.2) is 20.9 Å². The Balaban J connectivity index is 1.44. The van der Waals surface area contributed by atoms with Crippen LogP contribution in [0.1, 0.15) is 20.7 Å². The molecule has 3 heterocycles. The van der Waals surface area contributed by atoms with Crippen molar-refractivity contribution < 1.29 is 9.59 Å². The van der Waals surface area contributed by atoms with E-state index >= 15 is 0 Å². The number of benzene rings is 6. The highest BCUT2D eigenvalue weighted by molar-refractivity contribution is 6.35. The van der Waals surface area contributed by atoms with Gasteiger partial charge in [-0.15, -0.1) is 0 Å². The van der Waals surface area contributed by atoms with Crippen molar-refractivity contribution in [2.24, 2.45) is 0 Å². The summed E-state index contributed by atoms with van der Waals surface area (Å²) in [4.78, 5) is 29.2. The smallest absolute Gasteiger partial charge is 0.266 e. The van der Waals surface area contributed by atoms with Gasteiger partial charge in [-0.3, -0.25) is 9.59 Å². The third-order valence-corrected chi connectivity index (χ3v) is 8.64. The number of nitrogens with zero attached hydrogens (tertiary/aromatic N) is 3. The Hall–Kier alpha value is -5.94. The summed E-state index contributed by atoms with van der Waals surface area (Å²) >= 11 is 0. The first-order valence-corrected chi connectivity index (χ1v) is 14.3. The molecule has 2 aromatic heterocycles. The van der Waals surface area contributed by atoms with Gasteiger partial charge < -0.3 is 9.13 Å². The second-order valence-corrected chi connectivity index (χ2v) is 10.9. The Morgan fingerprint density at radius 1 is 0.372 bits per heavy atom. The molecule has 202 valence electrons. The van der Waals surface area contributed by atoms with Gasteiger partial charge in [-0.2, -0.15) is 0 Å². The number of aromatic nitrogens is 2. The number of para-hydroxylation sites is 5. The zero-order valence-corrected chi connectivity index (χ0v) is 22.9. The van der Waals surface area contributed by atoms with Gasteiger partial charge in [0.25, 0.3) is 11.8 Å². The molecule has 0 atom stereocenters. The molecule has 9 rings (SSSR count). The van der Waals surface area contributed by atoms with Crippen LogP contribution in [0.3, 0.4) is 0 Å². The van der Waals surface area contributed by atoms with E-state index in [0.29, 0.717) is 16.8 Å². The van der Waals surface area contributed by atoms with Gasteiger partial charge in [-0.05, 0) is 48.5 Å². The SMILES string of the molecule is O=C1c2cc(-n3c4ccccc4c4ccccc43)c(-n3c4ccccc4c4ccccc43)cc2C(=O)N1c1ccccc1. The molecule has 5 heteroatoms. The van der Waals surface area contributed by atoms with E-state index in [4.69, 9.17) is 0 Å². The monoisotopic (exact) mass is 553 g/mol. The predicted molar refractivity (Wildman–Crippen MR) is 173 cm³/mol. The summed E-state index contributed by atoms with van der Waals surface area (Å²) in [5.74, 6) is -0.635. The van der Waals surface area contributed by atoms with E-state index in [1.54, 1.807) is 12.1 Å². The molecule has 5 nitrogen and oxygen atoms in total. The van der Waals surface area contributed by atoms with Gasteiger partial charge in [0.2, 0.25) is 0 Å². The van der Waals surface area contributed by atoms with Crippen LogP contribution < -0.4 is 4.90 Å². The number of carbonyl (C=O) groups is 2. The molecule has 0 N–H and O–H groups in total. The minimum absolute atomic E-state index is 0.318. The zero-order valence-electron chi connectivity index (χ0n) is 22.9. The van der Waals surface area contributed by atoms with Crippen LogP contribution in [0.5, 0.6) is 0 Å². The van der Waals surface area contributed by atoms with Gasteiger partial charge in [0.1, 0.15) is 0 Å². The molecular formula is C38H23N3O2. The molecule has 1 aliphatic heterocycles. The molecule has 0 fully saturated rings. The maximum atomic E-state index is 14.0. The van der Waals surface area contributed by atoms with E-state index in [0.717, 1.165) is 55.0 Å². The van der Waals surface area contributed by atoms with Crippen LogP contribution in [0.2, 0.25) is 0 Å². The van der Waals surface area contributed by atoms with Crippen LogP contribution >= 0.6 is 0 Å². The van der Waals surface area contributed by atoms with Crippen LogP contribution in [0.25, 0.3) is 55.0 Å². The number of rotatable bonds is 3. The molecule has 1 aliphatic rings. The predicted octanol–water partition coefficient (Wildman–Crippen LogP) is 8.68. The number of fused-ring (bicyclic) bond motifs is 7. The largest absolute Gasteiger partial charge is 0.307 e. The Bertz CT molecular complexity index is 2190. The van der Waals surface area contributed by atoms with Crippen molar-refractivity contribution in [2.75, 3.05) is 4.90 Å². The highest BCUT2D eigenvalue weighted by Gasteiger charge is 2.38. The van der Waals surface area contributed by atoms with E-state index in [9.17, 15) is 9.59 Å². The lowest BCUT2D eigenvalue weighted by Gasteiger charge is -2.18. The van der Waals surface area contributed by atoms with Gasteiger partial charge in [0, 0.05) is 21.5 Å². The van der Waals surface area contributed by atoms with Crippen molar-refractivity contribution in [1.82, 2.24) is 9.13 Å². The quantitative estimate of drug-likeness (QED) is 0.206. The Labute approximate surface area is 246 Å². The highest BCUT2D eigenvalue weighted by atomic mass is 16.2. The average Bonchev–Trinajstić information content (AvgIpc) is 3.66. The summed E-state index contributed by atoms with van der Waals surface area (Å²) in [5, 5.41) is 4.50. The van der Waals surface area contributed by atoms with Gasteiger partial charge in [-0.1, -0.05) is 91.0 Å². The van der Waals surface area contributed by atoms with Gasteiger partial charge in [-0.25, -0.2) is 4.90 Å². The summed E-state index contributed by atoms with van der Waals surface area (Å²) in [7, 11) is 0. The second kappa shape index (κ2) is 8.78. The number of hydrogen-bond donors (Lipinski definition) is 0. The average molecular weight is 554 g/mol. The third-order valence-electron chi connectivity index (χ3n) is 8.64. The lowest BCUT2D eigenvalue weighted by Crippen LogP contribution is -2.29. The molecular weight excluding hydrogens is 530 g/mol. The number of amides is 2. The summed E-state index contributed by atoms with van der Waals surface area (Å²) in [5.41, 5.74) is 7.14. The van der Waals surface area contributed by atoms with Crippen LogP contribution in [0.4, 0.5) is 5.69 Å². The van der Waals surface area contributed by atoms with Gasteiger partial charge >= 0.3 is 0 Å². The van der Waals surface area contributed by atoms with Gasteiger partial charge in [0.15, 0.2) is 0 Å². The zero-order chi connectivity index (χ0) is 28.7. The van der Waals surface area contributed by atoms with Crippen LogP contribution in [-0.2, 0) is 0 Å². The molecule has 43 heavy (non-hydrogen) atoms. The summed E-state index contributed by atoms with van der Waals surface area (Å²) in [6.07, 6.45) is 0. The second-order valence-electron chi connectivity index (χ2n) is 10.9. The fourth-order valence-electron chi connectivity index (χ4n) is 6.80. The molecule has 0 aliphatic carbocycles. The van der Waals surface area contributed by atoms with E-state index in [1.165, 1.54) is 4.90 Å². The molecule has 0 saturated carbocycles. The van der Waals surface area contributed by atoms with Crippen LogP contribution in [0, 0.1) is 0 Å². The molecule has 2 amide bonds. The van der Waals surface area contributed by atoms with E-state index < -0.39 is 0 Å². The van der Waals surface area contributed by atoms with Crippen molar-refractivity contribution in [1.29, 1.82) is 0 Å². The van der Waals surface area contributed by atoms with E-state index in [2.05, 4.69) is 81.9 Å². The molecule has 0 unspecified atom stereocenters. The number of imide groups is 1. The number of hydrogen-bond acceptors (Lipinski definition) is 2.